The Bertz CT molecular complexity index is 325. The quantitative estimate of drug-likeness (QED) is 0.742. The van der Waals surface area contributed by atoms with Gasteiger partial charge in [-0.1, -0.05) is 11.6 Å². The van der Waals surface area contributed by atoms with E-state index in [2.05, 4.69) is 15.1 Å². The number of rotatable bonds is 2. The standard InChI is InChI=1S/C9H12ClN3O/c1-13-6-5-9(13,14-2)7-3-4-8(10)12-11-7/h3-4H,5-6H2,1-2H3/t9-/m0/s1. The van der Waals surface area contributed by atoms with Crippen LogP contribution < -0.4 is 0 Å². The van der Waals surface area contributed by atoms with E-state index < -0.39 is 5.72 Å². The molecule has 76 valence electrons. The molecule has 1 aliphatic rings. The van der Waals surface area contributed by atoms with E-state index in [1.165, 1.54) is 0 Å². The zero-order valence-electron chi connectivity index (χ0n) is 8.20. The minimum atomic E-state index is -0.391. The number of ether oxygens (including phenoxy) is 1. The predicted octanol–water partition coefficient (Wildman–Crippen LogP) is 1.26. The molecule has 1 atom stereocenters. The van der Waals surface area contributed by atoms with Crippen molar-refractivity contribution in [2.45, 2.75) is 12.1 Å². The first-order valence-electron chi connectivity index (χ1n) is 4.45. The van der Waals surface area contributed by atoms with Crippen molar-refractivity contribution in [2.75, 3.05) is 20.7 Å². The van der Waals surface area contributed by atoms with Crippen LogP contribution in [0.2, 0.25) is 5.15 Å². The highest BCUT2D eigenvalue weighted by Crippen LogP contribution is 2.38. The van der Waals surface area contributed by atoms with Crippen LogP contribution in [-0.2, 0) is 10.5 Å². The van der Waals surface area contributed by atoms with Gasteiger partial charge in [0, 0.05) is 20.1 Å². The van der Waals surface area contributed by atoms with Gasteiger partial charge in [-0.2, -0.15) is 0 Å². The molecular formula is C9H12ClN3O. The molecule has 1 aromatic heterocycles. The van der Waals surface area contributed by atoms with Crippen LogP contribution in [0, 0.1) is 0 Å². The zero-order valence-corrected chi connectivity index (χ0v) is 8.95. The Kier molecular flexibility index (Phi) is 2.43. The summed E-state index contributed by atoms with van der Waals surface area (Å²) in [6.07, 6.45) is 0.941. The molecule has 14 heavy (non-hydrogen) atoms. The van der Waals surface area contributed by atoms with Gasteiger partial charge in [-0.15, -0.1) is 10.2 Å². The van der Waals surface area contributed by atoms with Crippen molar-refractivity contribution < 1.29 is 4.74 Å². The second-order valence-electron chi connectivity index (χ2n) is 3.40. The van der Waals surface area contributed by atoms with Gasteiger partial charge >= 0.3 is 0 Å². The molecule has 2 heterocycles. The van der Waals surface area contributed by atoms with Crippen LogP contribution in [0.3, 0.4) is 0 Å². The summed E-state index contributed by atoms with van der Waals surface area (Å²) in [5, 5.41) is 8.27. The molecule has 1 aromatic rings. The first-order valence-corrected chi connectivity index (χ1v) is 4.83. The first-order chi connectivity index (χ1) is 6.69. The Morgan fingerprint density at radius 3 is 2.64 bits per heavy atom. The number of likely N-dealkylation sites (tertiary alicyclic amines) is 1. The Hall–Kier alpha value is -0.710. The van der Waals surface area contributed by atoms with Crippen LogP contribution >= 0.6 is 11.6 Å². The van der Waals surface area contributed by atoms with Gasteiger partial charge in [0.25, 0.3) is 0 Å². The van der Waals surface area contributed by atoms with Gasteiger partial charge < -0.3 is 4.74 Å². The Balaban J connectivity index is 2.33. The van der Waals surface area contributed by atoms with Crippen molar-refractivity contribution in [3.8, 4) is 0 Å². The van der Waals surface area contributed by atoms with Gasteiger partial charge in [0.2, 0.25) is 0 Å². The fourth-order valence-electron chi connectivity index (χ4n) is 1.75. The van der Waals surface area contributed by atoms with Gasteiger partial charge in [-0.3, -0.25) is 4.90 Å². The third kappa shape index (κ3) is 1.30. The summed E-state index contributed by atoms with van der Waals surface area (Å²) >= 11 is 5.67. The lowest BCUT2D eigenvalue weighted by Crippen LogP contribution is -2.56. The summed E-state index contributed by atoms with van der Waals surface area (Å²) in [6.45, 7) is 1.01. The summed E-state index contributed by atoms with van der Waals surface area (Å²) in [6, 6.07) is 3.59. The maximum Gasteiger partial charge on any atom is 0.167 e. The molecular weight excluding hydrogens is 202 g/mol. The SMILES string of the molecule is CO[C@]1(c2ccc(Cl)nn2)CCN1C. The molecule has 0 bridgehead atoms. The number of hydrogen-bond acceptors (Lipinski definition) is 4. The van der Waals surface area contributed by atoms with Crippen molar-refractivity contribution in [3.05, 3.63) is 23.0 Å². The smallest absolute Gasteiger partial charge is 0.167 e. The molecule has 1 saturated heterocycles. The summed E-state index contributed by atoms with van der Waals surface area (Å²) in [5.41, 5.74) is 0.426. The van der Waals surface area contributed by atoms with Crippen LogP contribution in [0.15, 0.2) is 12.1 Å². The first kappa shape index (κ1) is 9.83. The number of hydrogen-bond donors (Lipinski definition) is 0. The molecule has 0 aromatic carbocycles. The molecule has 0 unspecified atom stereocenters. The molecule has 5 heteroatoms. The van der Waals surface area contributed by atoms with Crippen molar-refractivity contribution in [3.63, 3.8) is 0 Å². The number of nitrogens with zero attached hydrogens (tertiary/aromatic N) is 3. The lowest BCUT2D eigenvalue weighted by atomic mass is 9.95. The fourth-order valence-corrected chi connectivity index (χ4v) is 1.85. The van der Waals surface area contributed by atoms with Crippen molar-refractivity contribution in [1.82, 2.24) is 15.1 Å². The van der Waals surface area contributed by atoms with Gasteiger partial charge in [0.05, 0.1) is 0 Å². The minimum absolute atomic E-state index is 0.391. The summed E-state index contributed by atoms with van der Waals surface area (Å²) in [4.78, 5) is 2.10. The molecule has 0 radical (unpaired) electrons. The van der Waals surface area contributed by atoms with E-state index in [1.54, 1.807) is 13.2 Å². The second-order valence-corrected chi connectivity index (χ2v) is 3.79. The van der Waals surface area contributed by atoms with E-state index >= 15 is 0 Å². The van der Waals surface area contributed by atoms with Crippen molar-refractivity contribution in [1.29, 1.82) is 0 Å². The van der Waals surface area contributed by atoms with E-state index in [1.807, 2.05) is 13.1 Å². The van der Waals surface area contributed by atoms with Gasteiger partial charge in [-0.25, -0.2) is 0 Å². The Labute approximate surface area is 87.8 Å². The highest BCUT2D eigenvalue weighted by atomic mass is 35.5. The normalized spacial score (nSPS) is 27.4. The largest absolute Gasteiger partial charge is 0.358 e. The van der Waals surface area contributed by atoms with E-state index in [9.17, 15) is 0 Å². The summed E-state index contributed by atoms with van der Waals surface area (Å²) in [5.74, 6) is 0. The molecule has 0 aliphatic carbocycles. The zero-order chi connectivity index (χ0) is 10.2. The van der Waals surface area contributed by atoms with Crippen LogP contribution in [0.4, 0.5) is 0 Å². The minimum Gasteiger partial charge on any atom is -0.358 e. The molecule has 0 amide bonds. The van der Waals surface area contributed by atoms with Crippen LogP contribution in [0.25, 0.3) is 0 Å². The lowest BCUT2D eigenvalue weighted by Gasteiger charge is -2.48. The molecule has 1 fully saturated rings. The third-order valence-electron chi connectivity index (χ3n) is 2.77. The van der Waals surface area contributed by atoms with Gasteiger partial charge in [0.1, 0.15) is 5.69 Å². The maximum atomic E-state index is 5.67. The number of aromatic nitrogens is 2. The van der Waals surface area contributed by atoms with Gasteiger partial charge in [-0.05, 0) is 19.2 Å². The van der Waals surface area contributed by atoms with E-state index in [0.717, 1.165) is 18.7 Å². The topological polar surface area (TPSA) is 38.3 Å². The Morgan fingerprint density at radius 2 is 2.29 bits per heavy atom. The van der Waals surface area contributed by atoms with E-state index in [4.69, 9.17) is 16.3 Å². The number of methoxy groups -OCH3 is 1. The molecule has 0 N–H and O–H groups in total. The summed E-state index contributed by atoms with van der Waals surface area (Å²) in [7, 11) is 3.69. The molecule has 1 aliphatic heterocycles. The fraction of sp³-hybridized carbons (Fsp3) is 0.556. The molecule has 0 spiro atoms. The van der Waals surface area contributed by atoms with E-state index in [-0.39, 0.29) is 0 Å². The van der Waals surface area contributed by atoms with Crippen molar-refractivity contribution >= 4 is 11.6 Å². The summed E-state index contributed by atoms with van der Waals surface area (Å²) < 4.78 is 5.49. The maximum absolute atomic E-state index is 5.67. The Morgan fingerprint density at radius 1 is 1.50 bits per heavy atom. The highest BCUT2D eigenvalue weighted by Gasteiger charge is 2.45. The average Bonchev–Trinajstić information content (AvgIpc) is 2.20. The lowest BCUT2D eigenvalue weighted by molar-refractivity contribution is -0.202. The predicted molar refractivity (Wildman–Crippen MR) is 53.0 cm³/mol. The third-order valence-corrected chi connectivity index (χ3v) is 2.97. The average molecular weight is 214 g/mol. The van der Waals surface area contributed by atoms with Gasteiger partial charge in [0.15, 0.2) is 10.9 Å². The molecule has 4 nitrogen and oxygen atoms in total. The van der Waals surface area contributed by atoms with Crippen LogP contribution in [0.5, 0.6) is 0 Å². The second kappa shape index (κ2) is 3.46. The molecule has 0 saturated carbocycles. The van der Waals surface area contributed by atoms with Crippen molar-refractivity contribution in [2.24, 2.45) is 0 Å². The monoisotopic (exact) mass is 213 g/mol. The molecule has 2 rings (SSSR count). The highest BCUT2D eigenvalue weighted by molar-refractivity contribution is 6.29. The van der Waals surface area contributed by atoms with E-state index in [0.29, 0.717) is 5.15 Å². The number of halogens is 1. The van der Waals surface area contributed by atoms with Crippen LogP contribution in [-0.4, -0.2) is 35.8 Å². The van der Waals surface area contributed by atoms with Crippen LogP contribution in [0.1, 0.15) is 12.1 Å².